The summed E-state index contributed by atoms with van der Waals surface area (Å²) >= 11 is 0. The fourth-order valence-electron chi connectivity index (χ4n) is 18.3. The molecule has 0 amide bonds. The first-order valence-corrected chi connectivity index (χ1v) is 45.5. The third kappa shape index (κ3) is 20.7. The molecule has 0 saturated heterocycles. The topological polar surface area (TPSA) is 90.6 Å². The van der Waals surface area contributed by atoms with Crippen LogP contribution >= 0.6 is 0 Å². The van der Waals surface area contributed by atoms with Crippen molar-refractivity contribution in [3.8, 4) is 33.8 Å². The van der Waals surface area contributed by atoms with Crippen molar-refractivity contribution in [1.82, 2.24) is 43.1 Å². The molecule has 12 heteroatoms. The van der Waals surface area contributed by atoms with E-state index in [2.05, 4.69) is 382 Å². The van der Waals surface area contributed by atoms with Crippen molar-refractivity contribution in [2.24, 2.45) is 11.8 Å². The van der Waals surface area contributed by atoms with E-state index in [9.17, 15) is 0 Å². The molecule has 0 fully saturated rings. The van der Waals surface area contributed by atoms with Crippen molar-refractivity contribution < 1.29 is 60.3 Å². The summed E-state index contributed by atoms with van der Waals surface area (Å²) in [6.45, 7) is 35.6. The van der Waals surface area contributed by atoms with Crippen LogP contribution in [0.2, 0.25) is 0 Å². The maximum Gasteiger partial charge on any atom is 0.0639 e. The fourth-order valence-corrected chi connectivity index (χ4v) is 18.3. The summed E-state index contributed by atoms with van der Waals surface area (Å²) < 4.78 is 6.97. The van der Waals surface area contributed by atoms with Gasteiger partial charge in [-0.1, -0.05) is 240 Å². The fraction of sp³-hybridized carbons (Fsp3) is 0.207. The molecule has 0 aliphatic carbocycles. The molecule has 0 spiro atoms. The Balaban J connectivity index is 0.000000138. The molecular weight excluding hydrogens is 2160 g/mol. The van der Waals surface area contributed by atoms with E-state index in [1.165, 1.54) is 127 Å². The summed E-state index contributed by atoms with van der Waals surface area (Å²) in [5.74, 6) is 2.07. The van der Waals surface area contributed by atoms with Gasteiger partial charge < -0.3 is 13.2 Å². The van der Waals surface area contributed by atoms with E-state index in [1.807, 2.05) is 140 Å². The zero-order valence-electron chi connectivity index (χ0n) is 78.7. The molecule has 0 aliphatic rings. The Morgan fingerprint density at radius 2 is 0.556 bits per heavy atom. The van der Waals surface area contributed by atoms with E-state index in [0.29, 0.717) is 23.7 Å². The number of hydrogen-bond donors (Lipinski definition) is 0. The standard InChI is InChI=1S/C29H29N2.C27H25N2.C23H17N2.3C14H14N.3Ir/c1-19(2)16-21-10-9-11-22(17-20(3)4)28(21)27-18-30-29-25-14-6-5-12-23(25)24-13-7-8-15-26(24)31(27)29;1-17(2)19-13-9-14-20(18(3)4)26(19)25-16-28-27-23-12-6-5-10-21(23)22-11-7-8-15-24(22)29(25)27;1-15-8-7-9-16(2)22(15)21-14-24-23-19-12-4-3-10-17(19)18-11-5-6-13-20(18)25(21)23;3*1-14(2,12-8-4-3-5-9-12)13-10-6-7-11-15-13;;;/h5-13,15,18-20H,16-17H2,1-4H3;5-11,13-18H,1-4H3;3-11,13-14H,1-2H3;3*3-8,10-11H,1-2H3;;;/q6*-1;;;. The van der Waals surface area contributed by atoms with Crippen LogP contribution in [0.1, 0.15) is 176 Å². The number of fused-ring (bicyclic) bond motifs is 18. The summed E-state index contributed by atoms with van der Waals surface area (Å²) in [5.41, 5.74) is 28.5. The second-order valence-corrected chi connectivity index (χ2v) is 36.7. The van der Waals surface area contributed by atoms with Gasteiger partial charge in [0.25, 0.3) is 0 Å². The summed E-state index contributed by atoms with van der Waals surface area (Å²) in [5, 5.41) is 10.5. The number of pyridine rings is 6. The summed E-state index contributed by atoms with van der Waals surface area (Å²) in [7, 11) is 0. The van der Waals surface area contributed by atoms with Gasteiger partial charge in [0.15, 0.2) is 0 Å². The van der Waals surface area contributed by atoms with Crippen LogP contribution in [0.4, 0.5) is 0 Å². The number of imidazole rings is 3. The molecule has 21 aromatic rings. The second-order valence-electron chi connectivity index (χ2n) is 36.7. The first-order valence-electron chi connectivity index (χ1n) is 45.5. The predicted molar refractivity (Wildman–Crippen MR) is 543 cm³/mol. The number of rotatable bonds is 15. The quantitative estimate of drug-likeness (QED) is 0.0750. The van der Waals surface area contributed by atoms with E-state index in [-0.39, 0.29) is 76.6 Å². The Bertz CT molecular complexity index is 7060. The van der Waals surface area contributed by atoms with Crippen molar-refractivity contribution >= 4 is 82.0 Å². The average Bonchev–Trinajstić information content (AvgIpc) is 1.63. The number of nitrogens with zero attached hydrogens (tertiary/aromatic N) is 9. The molecule has 0 atom stereocenters. The zero-order valence-corrected chi connectivity index (χ0v) is 85.8. The molecule has 9 nitrogen and oxygen atoms in total. The molecule has 21 rings (SSSR count). The third-order valence-electron chi connectivity index (χ3n) is 25.0. The van der Waals surface area contributed by atoms with Crippen LogP contribution < -0.4 is 0 Å². The maximum absolute atomic E-state index is 4.95. The summed E-state index contributed by atoms with van der Waals surface area (Å²) in [4.78, 5) is 27.9. The van der Waals surface area contributed by atoms with Crippen LogP contribution in [0.15, 0.2) is 347 Å². The molecular formula is C121H113Ir3N9-6. The number of para-hydroxylation sites is 3. The molecule has 133 heavy (non-hydrogen) atoms. The van der Waals surface area contributed by atoms with Crippen molar-refractivity contribution in [3.05, 3.63) is 450 Å². The molecule has 0 unspecified atom stereocenters. The van der Waals surface area contributed by atoms with Gasteiger partial charge in [0.1, 0.15) is 0 Å². The monoisotopic (exact) mass is 2270 g/mol. The van der Waals surface area contributed by atoms with Gasteiger partial charge in [-0.3, -0.25) is 29.9 Å². The van der Waals surface area contributed by atoms with Crippen molar-refractivity contribution in [2.75, 3.05) is 0 Å². The van der Waals surface area contributed by atoms with E-state index in [1.54, 1.807) is 0 Å². The summed E-state index contributed by atoms with van der Waals surface area (Å²) in [6.07, 6.45) is 13.7. The second kappa shape index (κ2) is 43.6. The zero-order chi connectivity index (χ0) is 90.8. The van der Waals surface area contributed by atoms with E-state index in [0.717, 1.165) is 68.7 Å². The van der Waals surface area contributed by atoms with Gasteiger partial charge in [-0.05, 0) is 154 Å². The largest absolute Gasteiger partial charge is 0.333 e. The molecule has 0 bridgehead atoms. The molecule has 12 aromatic carbocycles. The van der Waals surface area contributed by atoms with Gasteiger partial charge in [-0.15, -0.1) is 89.0 Å². The van der Waals surface area contributed by atoms with Gasteiger partial charge in [-0.2, -0.15) is 108 Å². The molecule has 0 saturated carbocycles. The summed E-state index contributed by atoms with van der Waals surface area (Å²) in [6, 6.07) is 127. The third-order valence-corrected chi connectivity index (χ3v) is 25.0. The number of aromatic nitrogens is 9. The maximum atomic E-state index is 4.95. The molecule has 9 heterocycles. The first-order chi connectivity index (χ1) is 63.0. The van der Waals surface area contributed by atoms with E-state index >= 15 is 0 Å². The molecule has 9 aromatic heterocycles. The molecule has 0 aliphatic heterocycles. The minimum Gasteiger partial charge on any atom is -0.333 e. The van der Waals surface area contributed by atoms with Gasteiger partial charge in [0.05, 0.1) is 34.0 Å². The van der Waals surface area contributed by atoms with Gasteiger partial charge >= 0.3 is 0 Å². The Hall–Kier alpha value is -12.3. The smallest absolute Gasteiger partial charge is 0.0639 e. The van der Waals surface area contributed by atoms with Crippen molar-refractivity contribution in [1.29, 1.82) is 0 Å². The number of hydrogen-bond acceptors (Lipinski definition) is 6. The van der Waals surface area contributed by atoms with E-state index < -0.39 is 0 Å². The number of benzene rings is 12. The number of aryl methyl sites for hydroxylation is 2. The van der Waals surface area contributed by atoms with Gasteiger partial charge in [0, 0.05) is 164 Å². The Kier molecular flexibility index (Phi) is 32.2. The minimum absolute atomic E-state index is 0. The minimum atomic E-state index is -0.0808. The van der Waals surface area contributed by atoms with Crippen LogP contribution in [-0.4, -0.2) is 43.1 Å². The van der Waals surface area contributed by atoms with Crippen LogP contribution in [0.25, 0.3) is 116 Å². The Morgan fingerprint density at radius 3 is 0.865 bits per heavy atom. The van der Waals surface area contributed by atoms with E-state index in [4.69, 9.17) is 15.0 Å². The molecule has 3 radical (unpaired) electrons. The van der Waals surface area contributed by atoms with Crippen molar-refractivity contribution in [2.45, 2.75) is 152 Å². The Labute approximate surface area is 825 Å². The van der Waals surface area contributed by atoms with Gasteiger partial charge in [0.2, 0.25) is 0 Å². The van der Waals surface area contributed by atoms with Crippen LogP contribution in [0.3, 0.4) is 0 Å². The molecule has 0 N–H and O–H groups in total. The predicted octanol–water partition coefficient (Wildman–Crippen LogP) is 30.2. The SMILES string of the molecule is CC(C)(c1[c-]cccc1)c1ccccn1.CC(C)(c1[c-]cccc1)c1ccccn1.CC(C)(c1[c-]cccc1)c1ccccn1.CC(C)Cc1cccc(CC(C)C)c1-c1cnc2c3[c-]cccc3c3ccccc3n12.CC(C)c1cccc(C(C)C)c1-c1cnc2c3[c-]cccc3c3ccccc3n12.Cc1cccc(C)c1-c1cnc2c3[c-]cccc3c3ccccc3n12.[Ir].[Ir].[Ir]. The Morgan fingerprint density at radius 1 is 0.271 bits per heavy atom. The molecule has 675 valence electrons. The van der Waals surface area contributed by atoms with Crippen LogP contribution in [0, 0.1) is 62.1 Å². The van der Waals surface area contributed by atoms with Crippen molar-refractivity contribution in [3.63, 3.8) is 0 Å². The van der Waals surface area contributed by atoms with Crippen LogP contribution in [0.5, 0.6) is 0 Å². The van der Waals surface area contributed by atoms with Gasteiger partial charge in [-0.25, -0.2) is 0 Å². The normalized spacial score (nSPS) is 11.5. The first kappa shape index (κ1) is 98.2. The van der Waals surface area contributed by atoms with Crippen LogP contribution in [-0.2, 0) is 89.4 Å². The average molecular weight is 2270 g/mol.